The van der Waals surface area contributed by atoms with E-state index >= 15 is 0 Å². The highest BCUT2D eigenvalue weighted by Gasteiger charge is 2.35. The van der Waals surface area contributed by atoms with E-state index in [1.807, 2.05) is 24.3 Å². The number of carbonyl (C=O) groups excluding carboxylic acids is 2. The molecule has 1 aromatic rings. The van der Waals surface area contributed by atoms with Crippen LogP contribution in [0.1, 0.15) is 31.7 Å². The van der Waals surface area contributed by atoms with Crippen molar-refractivity contribution >= 4 is 17.5 Å². The van der Waals surface area contributed by atoms with Gasteiger partial charge in [-0.05, 0) is 31.4 Å². The van der Waals surface area contributed by atoms with Crippen LogP contribution in [0.15, 0.2) is 24.3 Å². The summed E-state index contributed by atoms with van der Waals surface area (Å²) < 4.78 is 0. The van der Waals surface area contributed by atoms with Crippen LogP contribution in [0.4, 0.5) is 5.69 Å². The van der Waals surface area contributed by atoms with Gasteiger partial charge in [-0.1, -0.05) is 24.6 Å². The second-order valence-corrected chi connectivity index (χ2v) is 5.42. The number of hydrogen-bond acceptors (Lipinski definition) is 2. The maximum absolute atomic E-state index is 12.4. The van der Waals surface area contributed by atoms with Crippen molar-refractivity contribution in [1.29, 1.82) is 0 Å². The van der Waals surface area contributed by atoms with Gasteiger partial charge in [-0.15, -0.1) is 0 Å². The molecule has 100 valence electrons. The van der Waals surface area contributed by atoms with Crippen molar-refractivity contribution in [2.75, 3.05) is 5.32 Å². The lowest BCUT2D eigenvalue weighted by molar-refractivity contribution is -0.144. The first kappa shape index (κ1) is 12.2. The molecule has 1 heterocycles. The Balaban J connectivity index is 1.91. The third-order valence-corrected chi connectivity index (χ3v) is 4.20. The Morgan fingerprint density at radius 3 is 2.74 bits per heavy atom. The Hall–Kier alpha value is -1.84. The fourth-order valence-electron chi connectivity index (χ4n) is 2.64. The van der Waals surface area contributed by atoms with Gasteiger partial charge in [0.1, 0.15) is 6.04 Å². The minimum atomic E-state index is -0.402. The highest BCUT2D eigenvalue weighted by Crippen LogP contribution is 2.31. The standard InChI is InChI=1S/C15H18N2O2/c1-10-14(18)16-13-8-3-2-5-12(13)9-17(10)15(19)11-6-4-7-11/h2-3,5,8,10-11H,4,6-7,9H2,1H3,(H,16,18). The van der Waals surface area contributed by atoms with Crippen LogP contribution in [0.2, 0.25) is 0 Å². The molecule has 0 saturated heterocycles. The lowest BCUT2D eigenvalue weighted by atomic mass is 9.84. The lowest BCUT2D eigenvalue weighted by Crippen LogP contribution is -2.47. The molecule has 3 rings (SSSR count). The summed E-state index contributed by atoms with van der Waals surface area (Å²) in [5, 5.41) is 2.90. The number of amides is 2. The Bertz CT molecular complexity index is 523. The van der Waals surface area contributed by atoms with E-state index in [9.17, 15) is 9.59 Å². The van der Waals surface area contributed by atoms with Crippen molar-refractivity contribution in [3.63, 3.8) is 0 Å². The highest BCUT2D eigenvalue weighted by atomic mass is 16.2. The van der Waals surface area contributed by atoms with E-state index < -0.39 is 6.04 Å². The second-order valence-electron chi connectivity index (χ2n) is 5.42. The molecule has 0 aromatic heterocycles. The SMILES string of the molecule is CC1C(=O)Nc2ccccc2CN1C(=O)C1CCC1. The van der Waals surface area contributed by atoms with Gasteiger partial charge in [-0.25, -0.2) is 0 Å². The molecule has 1 aromatic carbocycles. The molecular formula is C15H18N2O2. The Labute approximate surface area is 112 Å². The van der Waals surface area contributed by atoms with Crippen molar-refractivity contribution in [3.05, 3.63) is 29.8 Å². The van der Waals surface area contributed by atoms with Gasteiger partial charge >= 0.3 is 0 Å². The summed E-state index contributed by atoms with van der Waals surface area (Å²) in [6.45, 7) is 2.32. The number of benzene rings is 1. The van der Waals surface area contributed by atoms with Crippen LogP contribution in [0.3, 0.4) is 0 Å². The fourth-order valence-corrected chi connectivity index (χ4v) is 2.64. The number of anilines is 1. The molecule has 0 radical (unpaired) electrons. The predicted molar refractivity (Wildman–Crippen MR) is 72.4 cm³/mol. The molecule has 0 bridgehead atoms. The van der Waals surface area contributed by atoms with E-state index in [0.717, 1.165) is 30.5 Å². The van der Waals surface area contributed by atoms with Gasteiger partial charge in [0.25, 0.3) is 0 Å². The fraction of sp³-hybridized carbons (Fsp3) is 0.467. The number of hydrogen-bond donors (Lipinski definition) is 1. The average Bonchev–Trinajstić information content (AvgIpc) is 2.46. The van der Waals surface area contributed by atoms with Crippen LogP contribution < -0.4 is 5.32 Å². The summed E-state index contributed by atoms with van der Waals surface area (Å²) in [6.07, 6.45) is 3.05. The van der Waals surface area contributed by atoms with Gasteiger partial charge in [0, 0.05) is 18.2 Å². The quantitative estimate of drug-likeness (QED) is 0.839. The van der Waals surface area contributed by atoms with E-state index in [0.29, 0.717) is 6.54 Å². The van der Waals surface area contributed by atoms with Gasteiger partial charge in [-0.3, -0.25) is 9.59 Å². The lowest BCUT2D eigenvalue weighted by Gasteiger charge is -2.33. The van der Waals surface area contributed by atoms with Crippen LogP contribution >= 0.6 is 0 Å². The first-order valence-electron chi connectivity index (χ1n) is 6.86. The van der Waals surface area contributed by atoms with Crippen molar-refractivity contribution in [1.82, 2.24) is 4.90 Å². The molecule has 1 N–H and O–H groups in total. The van der Waals surface area contributed by atoms with Crippen LogP contribution in [0.25, 0.3) is 0 Å². The normalized spacial score (nSPS) is 23.1. The molecule has 2 aliphatic rings. The number of fused-ring (bicyclic) bond motifs is 1. The van der Waals surface area contributed by atoms with E-state index in [1.165, 1.54) is 0 Å². The summed E-state index contributed by atoms with van der Waals surface area (Å²) in [7, 11) is 0. The summed E-state index contributed by atoms with van der Waals surface area (Å²) in [5.74, 6) is 0.156. The predicted octanol–water partition coefficient (Wildman–Crippen LogP) is 2.16. The van der Waals surface area contributed by atoms with Crippen LogP contribution in [-0.4, -0.2) is 22.8 Å². The third kappa shape index (κ3) is 2.11. The molecule has 1 unspecified atom stereocenters. The Morgan fingerprint density at radius 1 is 1.32 bits per heavy atom. The van der Waals surface area contributed by atoms with Gasteiger partial charge in [0.05, 0.1) is 0 Å². The zero-order valence-electron chi connectivity index (χ0n) is 11.1. The highest BCUT2D eigenvalue weighted by molar-refractivity contribution is 5.98. The maximum atomic E-state index is 12.4. The zero-order valence-corrected chi connectivity index (χ0v) is 11.1. The van der Waals surface area contributed by atoms with Crippen molar-refractivity contribution in [2.45, 2.75) is 38.8 Å². The second kappa shape index (κ2) is 4.68. The number of nitrogens with zero attached hydrogens (tertiary/aromatic N) is 1. The summed E-state index contributed by atoms with van der Waals surface area (Å²) in [4.78, 5) is 26.3. The van der Waals surface area contributed by atoms with Gasteiger partial charge in [0.2, 0.25) is 11.8 Å². The molecule has 1 atom stereocenters. The van der Waals surface area contributed by atoms with E-state index in [-0.39, 0.29) is 17.7 Å². The van der Waals surface area contributed by atoms with Crippen LogP contribution in [-0.2, 0) is 16.1 Å². The maximum Gasteiger partial charge on any atom is 0.246 e. The third-order valence-electron chi connectivity index (χ3n) is 4.20. The van der Waals surface area contributed by atoms with Gasteiger partial charge < -0.3 is 10.2 Å². The van der Waals surface area contributed by atoms with Crippen LogP contribution in [0, 0.1) is 5.92 Å². The molecule has 1 saturated carbocycles. The first-order chi connectivity index (χ1) is 9.16. The van der Waals surface area contributed by atoms with E-state index in [2.05, 4.69) is 5.32 Å². The number of nitrogens with one attached hydrogen (secondary N) is 1. The molecule has 2 amide bonds. The Morgan fingerprint density at radius 2 is 2.05 bits per heavy atom. The monoisotopic (exact) mass is 258 g/mol. The average molecular weight is 258 g/mol. The van der Waals surface area contributed by atoms with E-state index in [1.54, 1.807) is 11.8 Å². The smallest absolute Gasteiger partial charge is 0.246 e. The number of para-hydroxylation sites is 1. The van der Waals surface area contributed by atoms with Gasteiger partial charge in [0.15, 0.2) is 0 Å². The van der Waals surface area contributed by atoms with Gasteiger partial charge in [-0.2, -0.15) is 0 Å². The summed E-state index contributed by atoms with van der Waals surface area (Å²) in [6, 6.07) is 7.28. The van der Waals surface area contributed by atoms with Crippen molar-refractivity contribution in [3.8, 4) is 0 Å². The molecule has 4 nitrogen and oxygen atoms in total. The molecular weight excluding hydrogens is 240 g/mol. The van der Waals surface area contributed by atoms with E-state index in [4.69, 9.17) is 0 Å². The first-order valence-corrected chi connectivity index (χ1v) is 6.86. The molecule has 0 spiro atoms. The topological polar surface area (TPSA) is 49.4 Å². The largest absolute Gasteiger partial charge is 0.326 e. The molecule has 1 fully saturated rings. The van der Waals surface area contributed by atoms with Crippen molar-refractivity contribution < 1.29 is 9.59 Å². The number of rotatable bonds is 1. The summed E-state index contributed by atoms with van der Waals surface area (Å²) in [5.41, 5.74) is 1.83. The minimum absolute atomic E-state index is 0.0994. The Kier molecular flexibility index (Phi) is 3.01. The zero-order chi connectivity index (χ0) is 13.4. The minimum Gasteiger partial charge on any atom is -0.326 e. The summed E-state index contributed by atoms with van der Waals surface area (Å²) >= 11 is 0. The van der Waals surface area contributed by atoms with Crippen LogP contribution in [0.5, 0.6) is 0 Å². The molecule has 1 aliphatic carbocycles. The molecule has 19 heavy (non-hydrogen) atoms. The van der Waals surface area contributed by atoms with Crippen molar-refractivity contribution in [2.24, 2.45) is 5.92 Å². The molecule has 4 heteroatoms. The number of carbonyl (C=O) groups is 2. The molecule has 1 aliphatic heterocycles.